The van der Waals surface area contributed by atoms with Crippen LogP contribution in [0.2, 0.25) is 0 Å². The molecule has 1 saturated heterocycles. The number of aliphatic hydroxyl groups excluding tert-OH is 1. The highest BCUT2D eigenvalue weighted by atomic mass is 32.1. The number of β-amino-alcohol motifs (C(OH)–C–C–N with tert-alkyl or cyclic N) is 1. The molecule has 0 radical (unpaired) electrons. The fourth-order valence-corrected chi connectivity index (χ4v) is 3.00. The van der Waals surface area contributed by atoms with Crippen LogP contribution in [0.1, 0.15) is 10.7 Å². The highest BCUT2D eigenvalue weighted by molar-refractivity contribution is 7.09. The molecule has 2 N–H and O–H groups in total. The predicted octanol–water partition coefficient (Wildman–Crippen LogP) is -0.120. The van der Waals surface area contributed by atoms with Crippen LogP contribution in [0.15, 0.2) is 5.38 Å². The van der Waals surface area contributed by atoms with Gasteiger partial charge >= 0.3 is 5.97 Å². The summed E-state index contributed by atoms with van der Waals surface area (Å²) in [5.41, 5.74) is 0.645. The Morgan fingerprint density at radius 2 is 2.00 bits per heavy atom. The van der Waals surface area contributed by atoms with Gasteiger partial charge in [0.15, 0.2) is 0 Å². The Labute approximate surface area is 116 Å². The van der Waals surface area contributed by atoms with Gasteiger partial charge in [0.1, 0.15) is 5.01 Å². The third-order valence-electron chi connectivity index (χ3n) is 3.17. The van der Waals surface area contributed by atoms with E-state index in [1.807, 2.05) is 5.38 Å². The van der Waals surface area contributed by atoms with Gasteiger partial charge in [0.25, 0.3) is 0 Å². The van der Waals surface area contributed by atoms with E-state index in [1.165, 1.54) is 11.3 Å². The number of thiazole rings is 1. The smallest absolute Gasteiger partial charge is 0.309 e. The summed E-state index contributed by atoms with van der Waals surface area (Å²) < 4.78 is 0. The van der Waals surface area contributed by atoms with E-state index in [1.54, 1.807) is 0 Å². The number of aromatic nitrogens is 1. The normalized spacial score (nSPS) is 17.7. The number of carbonyl (C=O) groups is 1. The minimum Gasteiger partial charge on any atom is -0.481 e. The second-order valence-corrected chi connectivity index (χ2v) is 5.59. The lowest BCUT2D eigenvalue weighted by Gasteiger charge is -2.33. The minimum atomic E-state index is -0.838. The van der Waals surface area contributed by atoms with Gasteiger partial charge in [0, 0.05) is 38.1 Å². The van der Waals surface area contributed by atoms with Gasteiger partial charge in [0.05, 0.1) is 25.3 Å². The summed E-state index contributed by atoms with van der Waals surface area (Å²) in [5.74, 6) is -0.838. The molecule has 1 aromatic rings. The van der Waals surface area contributed by atoms with Crippen molar-refractivity contribution in [3.8, 4) is 0 Å². The molecule has 1 fully saturated rings. The van der Waals surface area contributed by atoms with Crippen LogP contribution in [0.5, 0.6) is 0 Å². The number of hydrogen-bond donors (Lipinski definition) is 2. The Hall–Kier alpha value is -1.02. The van der Waals surface area contributed by atoms with E-state index >= 15 is 0 Å². The summed E-state index contributed by atoms with van der Waals surface area (Å²) in [5, 5.41) is 20.4. The Bertz CT molecular complexity index is 416. The first-order chi connectivity index (χ1) is 9.17. The number of rotatable bonds is 6. The molecule has 0 saturated carbocycles. The molecular formula is C12H19N3O3S. The molecule has 0 amide bonds. The number of aliphatic hydroxyl groups is 1. The molecule has 1 aliphatic heterocycles. The molecule has 6 nitrogen and oxygen atoms in total. The first-order valence-corrected chi connectivity index (χ1v) is 7.26. The Morgan fingerprint density at radius 3 is 2.63 bits per heavy atom. The largest absolute Gasteiger partial charge is 0.481 e. The van der Waals surface area contributed by atoms with Crippen molar-refractivity contribution in [1.82, 2.24) is 14.8 Å². The second kappa shape index (κ2) is 6.95. The maximum Gasteiger partial charge on any atom is 0.309 e. The SMILES string of the molecule is O=C(O)Cc1csc(CN2CCN(CCO)CC2)n1. The first kappa shape index (κ1) is 14.4. The van der Waals surface area contributed by atoms with Crippen LogP contribution < -0.4 is 0 Å². The topological polar surface area (TPSA) is 76.9 Å². The average Bonchev–Trinajstić information content (AvgIpc) is 2.78. The van der Waals surface area contributed by atoms with Crippen LogP contribution in [0.3, 0.4) is 0 Å². The molecule has 2 rings (SSSR count). The van der Waals surface area contributed by atoms with Crippen LogP contribution >= 0.6 is 11.3 Å². The van der Waals surface area contributed by atoms with Crippen LogP contribution in [0.4, 0.5) is 0 Å². The fraction of sp³-hybridized carbons (Fsp3) is 0.667. The zero-order valence-electron chi connectivity index (χ0n) is 10.8. The Morgan fingerprint density at radius 1 is 1.32 bits per heavy atom. The molecule has 0 bridgehead atoms. The van der Waals surface area contributed by atoms with Crippen molar-refractivity contribution in [3.05, 3.63) is 16.1 Å². The summed E-state index contributed by atoms with van der Waals surface area (Å²) in [4.78, 5) is 19.5. The molecule has 1 aliphatic rings. The molecule has 106 valence electrons. The third kappa shape index (κ3) is 4.54. The Kier molecular flexibility index (Phi) is 5.26. The van der Waals surface area contributed by atoms with Gasteiger partial charge in [-0.1, -0.05) is 0 Å². The highest BCUT2D eigenvalue weighted by Crippen LogP contribution is 2.14. The van der Waals surface area contributed by atoms with Crippen molar-refractivity contribution >= 4 is 17.3 Å². The second-order valence-electron chi connectivity index (χ2n) is 4.64. The standard InChI is InChI=1S/C12H19N3O3S/c16-6-5-14-1-3-15(4-2-14)8-11-13-10(9-19-11)7-12(17)18/h9,16H,1-8H2,(H,17,18). The number of carboxylic acid groups (broad SMARTS) is 1. The van der Waals surface area contributed by atoms with E-state index in [2.05, 4.69) is 14.8 Å². The number of carboxylic acids is 1. The van der Waals surface area contributed by atoms with E-state index in [4.69, 9.17) is 10.2 Å². The van der Waals surface area contributed by atoms with Gasteiger partial charge in [-0.15, -0.1) is 11.3 Å². The van der Waals surface area contributed by atoms with Crippen molar-refractivity contribution in [3.63, 3.8) is 0 Å². The van der Waals surface area contributed by atoms with Crippen LogP contribution in [-0.2, 0) is 17.8 Å². The molecule has 0 atom stereocenters. The fourth-order valence-electron chi connectivity index (χ4n) is 2.16. The van der Waals surface area contributed by atoms with E-state index < -0.39 is 5.97 Å². The lowest BCUT2D eigenvalue weighted by Crippen LogP contribution is -2.46. The zero-order valence-corrected chi connectivity index (χ0v) is 11.6. The maximum atomic E-state index is 10.6. The first-order valence-electron chi connectivity index (χ1n) is 6.38. The van der Waals surface area contributed by atoms with Gasteiger partial charge in [-0.3, -0.25) is 14.6 Å². The molecule has 19 heavy (non-hydrogen) atoms. The summed E-state index contributed by atoms with van der Waals surface area (Å²) in [6.07, 6.45) is 0.000772. The number of aliphatic carboxylic acids is 1. The van der Waals surface area contributed by atoms with Crippen molar-refractivity contribution in [2.45, 2.75) is 13.0 Å². The lowest BCUT2D eigenvalue weighted by molar-refractivity contribution is -0.136. The average molecular weight is 285 g/mol. The molecule has 0 aromatic carbocycles. The van der Waals surface area contributed by atoms with Gasteiger partial charge < -0.3 is 10.2 Å². The van der Waals surface area contributed by atoms with Gasteiger partial charge in [-0.2, -0.15) is 0 Å². The van der Waals surface area contributed by atoms with Gasteiger partial charge in [0.2, 0.25) is 0 Å². The summed E-state index contributed by atoms with van der Waals surface area (Å²) in [6, 6.07) is 0. The molecule has 7 heteroatoms. The monoisotopic (exact) mass is 285 g/mol. The number of nitrogens with zero attached hydrogens (tertiary/aromatic N) is 3. The third-order valence-corrected chi connectivity index (χ3v) is 4.05. The van der Waals surface area contributed by atoms with Crippen molar-refractivity contribution < 1.29 is 15.0 Å². The van der Waals surface area contributed by atoms with Crippen LogP contribution in [0, 0.1) is 0 Å². The van der Waals surface area contributed by atoms with Gasteiger partial charge in [-0.25, -0.2) is 4.98 Å². The lowest BCUT2D eigenvalue weighted by atomic mass is 10.3. The predicted molar refractivity (Wildman–Crippen MR) is 72.3 cm³/mol. The molecule has 1 aromatic heterocycles. The van der Waals surface area contributed by atoms with Crippen LogP contribution in [0.25, 0.3) is 0 Å². The number of piperazine rings is 1. The summed E-state index contributed by atoms with van der Waals surface area (Å²) >= 11 is 1.53. The summed E-state index contributed by atoms with van der Waals surface area (Å²) in [6.45, 7) is 5.61. The Balaban J connectivity index is 1.79. The molecule has 2 heterocycles. The van der Waals surface area contributed by atoms with Crippen molar-refractivity contribution in [2.24, 2.45) is 0 Å². The quantitative estimate of drug-likeness (QED) is 0.759. The van der Waals surface area contributed by atoms with Crippen molar-refractivity contribution in [1.29, 1.82) is 0 Å². The van der Waals surface area contributed by atoms with Crippen molar-refractivity contribution in [2.75, 3.05) is 39.3 Å². The van der Waals surface area contributed by atoms with E-state index in [0.717, 1.165) is 44.3 Å². The van der Waals surface area contributed by atoms with E-state index in [9.17, 15) is 4.79 Å². The summed E-state index contributed by atoms with van der Waals surface area (Å²) in [7, 11) is 0. The van der Waals surface area contributed by atoms with Gasteiger partial charge in [-0.05, 0) is 0 Å². The van der Waals surface area contributed by atoms with E-state index in [0.29, 0.717) is 5.69 Å². The number of hydrogen-bond acceptors (Lipinski definition) is 6. The molecule has 0 unspecified atom stereocenters. The molecular weight excluding hydrogens is 266 g/mol. The maximum absolute atomic E-state index is 10.6. The highest BCUT2D eigenvalue weighted by Gasteiger charge is 2.17. The molecule has 0 aliphatic carbocycles. The van der Waals surface area contributed by atoms with E-state index in [-0.39, 0.29) is 13.0 Å². The zero-order chi connectivity index (χ0) is 13.7. The molecule has 0 spiro atoms. The minimum absolute atomic E-state index is 0.000772. The van der Waals surface area contributed by atoms with Crippen LogP contribution in [-0.4, -0.2) is 70.3 Å².